The molecule has 0 atom stereocenters. The molecule has 13 aromatic carbocycles. The lowest BCUT2D eigenvalue weighted by Crippen LogP contribution is -2.09. The lowest BCUT2D eigenvalue weighted by molar-refractivity contribution is 0.289. The molecule has 5 heterocycles. The smallest absolute Gasteiger partial charge is 0.196 e. The Balaban J connectivity index is 0.000000124. The summed E-state index contributed by atoms with van der Waals surface area (Å²) in [7, 11) is 0. The Morgan fingerprint density at radius 3 is 1.17 bits per heavy atom. The summed E-state index contributed by atoms with van der Waals surface area (Å²) in [6.45, 7) is 2.04. The Hall–Kier alpha value is -12.5. The number of hydrogen-bond acceptors (Lipinski definition) is 17. The van der Waals surface area contributed by atoms with Crippen LogP contribution < -0.4 is 18.9 Å². The summed E-state index contributed by atoms with van der Waals surface area (Å²) in [6.07, 6.45) is 1.78. The monoisotopic (exact) mass is 1720 g/mol. The van der Waals surface area contributed by atoms with Crippen molar-refractivity contribution in [1.29, 1.82) is 0 Å². The van der Waals surface area contributed by atoms with Crippen LogP contribution in [0, 0.1) is 0 Å². The highest BCUT2D eigenvalue weighted by molar-refractivity contribution is 9.10. The van der Waals surface area contributed by atoms with Gasteiger partial charge in [0, 0.05) is 66.5 Å². The van der Waals surface area contributed by atoms with Crippen molar-refractivity contribution in [3.8, 4) is 40.1 Å². The van der Waals surface area contributed by atoms with Gasteiger partial charge >= 0.3 is 0 Å². The number of para-hydroxylation sites is 5. The van der Waals surface area contributed by atoms with Crippen molar-refractivity contribution in [1.82, 2.24) is 64.0 Å². The lowest BCUT2D eigenvalue weighted by atomic mass is 10.1. The van der Waals surface area contributed by atoms with Gasteiger partial charge in [0.25, 0.3) is 0 Å². The van der Waals surface area contributed by atoms with Gasteiger partial charge in [0.2, 0.25) is 0 Å². The minimum absolute atomic E-state index is 0.295. The van der Waals surface area contributed by atoms with Gasteiger partial charge < -0.3 is 18.9 Å². The summed E-state index contributed by atoms with van der Waals surface area (Å²) in [4.78, 5) is 4.47. The van der Waals surface area contributed by atoms with Crippen LogP contribution in [0.2, 0.25) is 5.02 Å². The molecule has 0 N–H and O–H groups in total. The number of aromatic nitrogens is 13. The zero-order valence-electron chi connectivity index (χ0n) is 64.4. The van der Waals surface area contributed by atoms with E-state index in [4.69, 9.17) is 30.5 Å². The highest BCUT2D eigenvalue weighted by atomic mass is 79.9. The molecule has 0 radical (unpaired) electrons. The van der Waals surface area contributed by atoms with Crippen LogP contribution in [0.15, 0.2) is 395 Å². The van der Waals surface area contributed by atoms with Gasteiger partial charge in [-0.25, -0.2) is 0 Å². The van der Waals surface area contributed by atoms with Gasteiger partial charge in [0.1, 0.15) is 54.9 Å². The van der Waals surface area contributed by atoms with Crippen molar-refractivity contribution < 1.29 is 18.9 Å². The average Bonchev–Trinajstić information content (AvgIpc) is 1.69. The van der Waals surface area contributed by atoms with Crippen molar-refractivity contribution in [2.45, 2.75) is 76.6 Å². The zero-order valence-corrected chi connectivity index (χ0v) is 70.0. The van der Waals surface area contributed by atoms with E-state index >= 15 is 0 Å². The van der Waals surface area contributed by atoms with E-state index in [0.29, 0.717) is 38.0 Å². The first-order valence-electron chi connectivity index (χ1n) is 38.3. The number of halogens is 2. The number of benzene rings is 13. The van der Waals surface area contributed by atoms with Gasteiger partial charge in [-0.1, -0.05) is 335 Å². The third-order valence-corrected chi connectivity index (χ3v) is 23.1. The second kappa shape index (κ2) is 42.5. The fourth-order valence-electron chi connectivity index (χ4n) is 12.5. The van der Waals surface area contributed by atoms with Crippen LogP contribution in [0.25, 0.3) is 38.7 Å². The van der Waals surface area contributed by atoms with Crippen molar-refractivity contribution in [3.63, 3.8) is 0 Å². The normalized spacial score (nSPS) is 10.9. The van der Waals surface area contributed by atoms with Crippen molar-refractivity contribution in [2.24, 2.45) is 0 Å². The van der Waals surface area contributed by atoms with E-state index < -0.39 is 0 Å². The molecule has 23 heteroatoms. The van der Waals surface area contributed by atoms with Crippen LogP contribution in [0.3, 0.4) is 0 Å². The molecule has 0 bridgehead atoms. The predicted molar refractivity (Wildman–Crippen MR) is 482 cm³/mol. The molecule has 5 aromatic heterocycles. The fraction of sp³-hybridized carbons (Fsp3) is 0.0938. The second-order valence-corrected chi connectivity index (χ2v) is 31.8. The van der Waals surface area contributed by atoms with Gasteiger partial charge in [0.15, 0.2) is 43.9 Å². The topological polar surface area (TPSA) is 173 Å². The first-order chi connectivity index (χ1) is 58.8. The molecule has 0 unspecified atom stereocenters. The standard InChI is InChI=1S/C26H20ClN3OS.C25H20N4OS.C23H20BrN3OS.C22H19N3OS/c27-21-13-15-22(16-14-21)30-25(28-29-26(30)32-18-19-7-2-1-3-8-19)17-31-24-12-6-10-20-9-4-5-11-23(20)24;1-3-9-19(10-4-1)18-31-25-28-27-23(29(25)21-13-5-2-6-14-21)17-30-22-15-7-11-20-12-8-16-26-24(20)22;24-20-11-7-10-19(14-20)17-29-23-26-25-22(16-28-21-12-5-2-6-13-21)27(23)15-18-8-3-1-4-9-18;1-4-10-18(11-5-1)17-27-22-24-23-21(16-26-20-14-8-3-9-15-20)25(22)19-12-6-2-7-13-19/h1-16H,17-18H2;1-16H,17-18H2;1-14H,15-17H2;1-15H,16-17H2. The van der Waals surface area contributed by atoms with Crippen LogP contribution in [0.5, 0.6) is 23.0 Å². The average molecular weight is 1720 g/mol. The van der Waals surface area contributed by atoms with E-state index in [9.17, 15) is 0 Å². The quantitative estimate of drug-likeness (QED) is 0.0405. The van der Waals surface area contributed by atoms with Gasteiger partial charge in [-0.2, -0.15) is 0 Å². The van der Waals surface area contributed by atoms with Crippen LogP contribution >= 0.6 is 74.6 Å². The number of nitrogens with zero attached hydrogens (tertiary/aromatic N) is 13. The highest BCUT2D eigenvalue weighted by Gasteiger charge is 2.21. The SMILES string of the molecule is Brc1cccc(CSc2nnc(COc3ccccc3)n2Cc2ccccc2)c1.Clc1ccc(-n2c(COc3cccc4ccccc34)nnc2SCc2ccccc2)cc1.c1ccc(CSc2nnc(COc3cccc4cccnc34)n2-c2ccccc2)cc1.c1ccc(CSc2nnc(COc3ccccc3)n2-c2ccccc2)cc1. The molecule has 0 aliphatic rings. The molecule has 0 fully saturated rings. The number of ether oxygens (including phenoxy) is 4. The summed E-state index contributed by atoms with van der Waals surface area (Å²) in [5.74, 6) is 9.56. The minimum atomic E-state index is 0.295. The number of pyridine rings is 1. The van der Waals surface area contributed by atoms with Crippen molar-refractivity contribution >= 4 is 96.3 Å². The van der Waals surface area contributed by atoms with E-state index in [1.807, 2.05) is 241 Å². The van der Waals surface area contributed by atoms with Crippen LogP contribution in [0.4, 0.5) is 0 Å². The predicted octanol–water partition coefficient (Wildman–Crippen LogP) is 23.7. The fourth-order valence-corrected chi connectivity index (χ4v) is 16.8. The molecule has 0 spiro atoms. The molecular formula is C96H79BrClN13O4S4. The van der Waals surface area contributed by atoms with E-state index in [1.165, 1.54) is 27.8 Å². The molecule has 17 nitrogen and oxygen atoms in total. The largest absolute Gasteiger partial charge is 0.486 e. The Kier molecular flexibility index (Phi) is 29.2. The highest BCUT2D eigenvalue weighted by Crippen LogP contribution is 2.34. The maximum atomic E-state index is 6.21. The molecule has 18 aromatic rings. The van der Waals surface area contributed by atoms with Gasteiger partial charge in [-0.05, 0) is 136 Å². The Labute approximate surface area is 721 Å². The molecular weight excluding hydrogens is 1640 g/mol. The van der Waals surface area contributed by atoms with E-state index in [1.54, 1.807) is 53.2 Å². The maximum Gasteiger partial charge on any atom is 0.196 e. The summed E-state index contributed by atoms with van der Waals surface area (Å²) in [5, 5.41) is 42.8. The maximum absolute atomic E-state index is 6.21. The first-order valence-corrected chi connectivity index (χ1v) is 43.4. The molecule has 590 valence electrons. The second-order valence-electron chi connectivity index (χ2n) is 26.7. The molecule has 119 heavy (non-hydrogen) atoms. The number of fused-ring (bicyclic) bond motifs is 2. The van der Waals surface area contributed by atoms with Crippen LogP contribution in [-0.4, -0.2) is 64.0 Å². The van der Waals surface area contributed by atoms with Crippen molar-refractivity contribution in [2.75, 3.05) is 0 Å². The van der Waals surface area contributed by atoms with Crippen molar-refractivity contribution in [3.05, 3.63) is 431 Å². The Bertz CT molecular complexity index is 6080. The van der Waals surface area contributed by atoms with Crippen LogP contribution in [-0.2, 0) is 56.0 Å². The molecule has 0 amide bonds. The summed E-state index contributed by atoms with van der Waals surface area (Å²) >= 11 is 16.3. The molecule has 0 aliphatic carbocycles. The zero-order chi connectivity index (χ0) is 80.8. The number of rotatable bonds is 29. The third kappa shape index (κ3) is 23.0. The minimum Gasteiger partial charge on any atom is -0.486 e. The lowest BCUT2D eigenvalue weighted by Gasteiger charge is -2.12. The van der Waals surface area contributed by atoms with Crippen LogP contribution in [0.1, 0.15) is 51.1 Å². The summed E-state index contributed by atoms with van der Waals surface area (Å²) in [6, 6.07) is 121. The molecule has 0 aliphatic heterocycles. The number of thioether (sulfide) groups is 4. The van der Waals surface area contributed by atoms with E-state index in [-0.39, 0.29) is 0 Å². The summed E-state index contributed by atoms with van der Waals surface area (Å²) < 4.78 is 33.6. The Morgan fingerprint density at radius 2 is 0.655 bits per heavy atom. The van der Waals surface area contributed by atoms with E-state index in [2.05, 4.69) is 203 Å². The van der Waals surface area contributed by atoms with Gasteiger partial charge in [0.05, 0.1) is 6.54 Å². The number of hydrogen-bond donors (Lipinski definition) is 0. The molecule has 18 rings (SSSR count). The Morgan fingerprint density at radius 1 is 0.294 bits per heavy atom. The summed E-state index contributed by atoms with van der Waals surface area (Å²) in [5.41, 5.74) is 10.0. The van der Waals surface area contributed by atoms with E-state index in [0.717, 1.165) is 133 Å². The van der Waals surface area contributed by atoms with Gasteiger partial charge in [-0.3, -0.25) is 23.3 Å². The third-order valence-electron chi connectivity index (χ3n) is 18.4. The first kappa shape index (κ1) is 81.6. The molecule has 0 saturated heterocycles. The molecule has 0 saturated carbocycles. The van der Waals surface area contributed by atoms with Gasteiger partial charge in [-0.15, -0.1) is 40.8 Å².